The molecule has 37 heavy (non-hydrogen) atoms. The number of aromatic nitrogens is 2. The Labute approximate surface area is 225 Å². The molecule has 0 unspecified atom stereocenters. The summed E-state index contributed by atoms with van der Waals surface area (Å²) in [6.07, 6.45) is 8.69. The third kappa shape index (κ3) is 6.55. The first-order chi connectivity index (χ1) is 18.2. The van der Waals surface area contributed by atoms with E-state index in [1.54, 1.807) is 0 Å². The lowest BCUT2D eigenvalue weighted by molar-refractivity contribution is 0.183. The van der Waals surface area contributed by atoms with Crippen molar-refractivity contribution in [1.82, 2.24) is 14.0 Å². The Hall–Kier alpha value is -2.82. The topological polar surface area (TPSA) is 30.2 Å². The standard InChI is InChI=1S/C32H38ClN3O/c33-28-16-10-15-27(25-28)14-6-8-21-34-23-19-29(20-24-34)36-31-18-5-4-17-30(31)35(32(36)37)22-9-7-13-26-11-2-1-3-12-26/h1-5,10-12,15-18,25,29H,6-9,13-14,19-24H2. The number of halogens is 1. The van der Waals surface area contributed by atoms with Crippen molar-refractivity contribution in [2.24, 2.45) is 0 Å². The molecule has 1 aromatic heterocycles. The molecule has 0 N–H and O–H groups in total. The Morgan fingerprint density at radius 1 is 0.703 bits per heavy atom. The molecule has 1 aliphatic heterocycles. The van der Waals surface area contributed by atoms with Crippen molar-refractivity contribution in [3.05, 3.63) is 105 Å². The number of nitrogens with zero attached hydrogens (tertiary/aromatic N) is 3. The number of unbranched alkanes of at least 4 members (excludes halogenated alkanes) is 2. The van der Waals surface area contributed by atoms with Crippen molar-refractivity contribution in [3.63, 3.8) is 0 Å². The van der Waals surface area contributed by atoms with E-state index in [0.29, 0.717) is 0 Å². The number of fused-ring (bicyclic) bond motifs is 1. The van der Waals surface area contributed by atoms with Crippen LogP contribution >= 0.6 is 11.6 Å². The molecule has 2 heterocycles. The van der Waals surface area contributed by atoms with Crippen molar-refractivity contribution in [1.29, 1.82) is 0 Å². The van der Waals surface area contributed by atoms with Crippen LogP contribution in [0.15, 0.2) is 83.7 Å². The Balaban J connectivity index is 1.15. The average Bonchev–Trinajstić information content (AvgIpc) is 3.21. The molecule has 3 aromatic carbocycles. The Morgan fingerprint density at radius 2 is 1.35 bits per heavy atom. The van der Waals surface area contributed by atoms with Crippen LogP contribution in [0.25, 0.3) is 11.0 Å². The van der Waals surface area contributed by atoms with Crippen molar-refractivity contribution in [2.75, 3.05) is 19.6 Å². The molecule has 194 valence electrons. The second kappa shape index (κ2) is 12.6. The summed E-state index contributed by atoms with van der Waals surface area (Å²) < 4.78 is 4.12. The maximum Gasteiger partial charge on any atom is 0.329 e. The van der Waals surface area contributed by atoms with E-state index in [0.717, 1.165) is 80.8 Å². The molecule has 5 rings (SSSR count). The van der Waals surface area contributed by atoms with Gasteiger partial charge in [-0.2, -0.15) is 0 Å². The van der Waals surface area contributed by atoms with E-state index >= 15 is 0 Å². The van der Waals surface area contributed by atoms with Gasteiger partial charge in [0, 0.05) is 30.7 Å². The van der Waals surface area contributed by atoms with Gasteiger partial charge in [-0.1, -0.05) is 66.2 Å². The first-order valence-corrected chi connectivity index (χ1v) is 14.3. The van der Waals surface area contributed by atoms with Gasteiger partial charge >= 0.3 is 5.69 Å². The van der Waals surface area contributed by atoms with Crippen LogP contribution in [-0.2, 0) is 19.4 Å². The SMILES string of the molecule is O=c1n(CCCCc2ccccc2)c2ccccc2n1C1CCN(CCCCc2cccc(Cl)c2)CC1. The van der Waals surface area contributed by atoms with Crippen LogP contribution in [0.2, 0.25) is 5.02 Å². The molecular weight excluding hydrogens is 478 g/mol. The highest BCUT2D eigenvalue weighted by molar-refractivity contribution is 6.30. The molecule has 1 fully saturated rings. The van der Waals surface area contributed by atoms with Gasteiger partial charge < -0.3 is 4.90 Å². The summed E-state index contributed by atoms with van der Waals surface area (Å²) in [5.41, 5.74) is 5.03. The van der Waals surface area contributed by atoms with E-state index in [4.69, 9.17) is 11.6 Å². The normalized spacial score (nSPS) is 14.9. The number of benzene rings is 3. The van der Waals surface area contributed by atoms with Gasteiger partial charge in [-0.05, 0) is 93.3 Å². The predicted octanol–water partition coefficient (Wildman–Crippen LogP) is 7.14. The number of imidazole rings is 1. The Kier molecular flexibility index (Phi) is 8.80. The van der Waals surface area contributed by atoms with Crippen LogP contribution in [-0.4, -0.2) is 33.7 Å². The summed E-state index contributed by atoms with van der Waals surface area (Å²) in [4.78, 5) is 16.2. The van der Waals surface area contributed by atoms with Crippen molar-refractivity contribution >= 4 is 22.6 Å². The maximum absolute atomic E-state index is 13.6. The van der Waals surface area contributed by atoms with Crippen molar-refractivity contribution < 1.29 is 0 Å². The van der Waals surface area contributed by atoms with Gasteiger partial charge in [-0.15, -0.1) is 0 Å². The lowest BCUT2D eigenvalue weighted by atomic mass is 10.0. The minimum absolute atomic E-state index is 0.167. The number of hydrogen-bond acceptors (Lipinski definition) is 2. The fourth-order valence-corrected chi connectivity index (χ4v) is 6.02. The van der Waals surface area contributed by atoms with E-state index in [2.05, 4.69) is 76.2 Å². The van der Waals surface area contributed by atoms with E-state index < -0.39 is 0 Å². The van der Waals surface area contributed by atoms with Crippen LogP contribution in [0.4, 0.5) is 0 Å². The van der Waals surface area contributed by atoms with Gasteiger partial charge in [-0.25, -0.2) is 4.79 Å². The third-order valence-electron chi connectivity index (χ3n) is 7.81. The number of aryl methyl sites for hydroxylation is 3. The molecule has 4 aromatic rings. The fraction of sp³-hybridized carbons (Fsp3) is 0.406. The molecule has 0 amide bonds. The number of piperidine rings is 1. The summed E-state index contributed by atoms with van der Waals surface area (Å²) in [5, 5.41) is 0.823. The van der Waals surface area contributed by atoms with Gasteiger partial charge in [0.1, 0.15) is 0 Å². The summed E-state index contributed by atoms with van der Waals surface area (Å²) >= 11 is 6.11. The summed E-state index contributed by atoms with van der Waals surface area (Å²) in [5.74, 6) is 0. The second-order valence-electron chi connectivity index (χ2n) is 10.4. The molecule has 0 aliphatic carbocycles. The molecule has 0 atom stereocenters. The molecular formula is C32H38ClN3O. The molecule has 4 nitrogen and oxygen atoms in total. The monoisotopic (exact) mass is 515 g/mol. The van der Waals surface area contributed by atoms with Gasteiger partial charge in [0.25, 0.3) is 0 Å². The minimum Gasteiger partial charge on any atom is -0.303 e. The zero-order chi connectivity index (χ0) is 25.5. The molecule has 1 saturated heterocycles. The predicted molar refractivity (Wildman–Crippen MR) is 155 cm³/mol. The maximum atomic E-state index is 13.6. The third-order valence-corrected chi connectivity index (χ3v) is 8.05. The lowest BCUT2D eigenvalue weighted by Crippen LogP contribution is -2.38. The Bertz CT molecular complexity index is 1340. The molecule has 0 saturated carbocycles. The van der Waals surface area contributed by atoms with Crippen molar-refractivity contribution in [3.8, 4) is 0 Å². The number of rotatable bonds is 11. The minimum atomic E-state index is 0.167. The fourth-order valence-electron chi connectivity index (χ4n) is 5.80. The van der Waals surface area contributed by atoms with Crippen LogP contribution < -0.4 is 5.69 Å². The van der Waals surface area contributed by atoms with Gasteiger partial charge in [0.15, 0.2) is 0 Å². The molecule has 0 radical (unpaired) electrons. The van der Waals surface area contributed by atoms with Gasteiger partial charge in [0.2, 0.25) is 0 Å². The van der Waals surface area contributed by atoms with Crippen LogP contribution in [0.5, 0.6) is 0 Å². The molecule has 0 spiro atoms. The smallest absolute Gasteiger partial charge is 0.303 e. The van der Waals surface area contributed by atoms with Crippen LogP contribution in [0.1, 0.15) is 55.7 Å². The van der Waals surface area contributed by atoms with E-state index in [-0.39, 0.29) is 11.7 Å². The molecule has 1 aliphatic rings. The zero-order valence-corrected chi connectivity index (χ0v) is 22.5. The average molecular weight is 516 g/mol. The Morgan fingerprint density at radius 3 is 2.11 bits per heavy atom. The highest BCUT2D eigenvalue weighted by Crippen LogP contribution is 2.26. The van der Waals surface area contributed by atoms with E-state index in [1.807, 2.05) is 16.7 Å². The quantitative estimate of drug-likeness (QED) is 0.199. The van der Waals surface area contributed by atoms with E-state index in [9.17, 15) is 4.79 Å². The summed E-state index contributed by atoms with van der Waals surface area (Å²) in [6.45, 7) is 4.03. The van der Waals surface area contributed by atoms with E-state index in [1.165, 1.54) is 24.0 Å². The highest BCUT2D eigenvalue weighted by Gasteiger charge is 2.24. The zero-order valence-electron chi connectivity index (χ0n) is 21.7. The first-order valence-electron chi connectivity index (χ1n) is 13.9. The molecule has 5 heteroatoms. The summed E-state index contributed by atoms with van der Waals surface area (Å²) in [6, 6.07) is 27.5. The number of hydrogen-bond donors (Lipinski definition) is 0. The van der Waals surface area contributed by atoms with Gasteiger partial charge in [0.05, 0.1) is 11.0 Å². The molecule has 0 bridgehead atoms. The number of para-hydroxylation sites is 2. The first kappa shape index (κ1) is 25.8. The summed E-state index contributed by atoms with van der Waals surface area (Å²) in [7, 11) is 0. The largest absolute Gasteiger partial charge is 0.329 e. The lowest BCUT2D eigenvalue weighted by Gasteiger charge is -2.32. The van der Waals surface area contributed by atoms with Gasteiger partial charge in [-0.3, -0.25) is 9.13 Å². The number of likely N-dealkylation sites (tertiary alicyclic amines) is 1. The second-order valence-corrected chi connectivity index (χ2v) is 10.8. The van der Waals surface area contributed by atoms with Crippen LogP contribution in [0.3, 0.4) is 0 Å². The highest BCUT2D eigenvalue weighted by atomic mass is 35.5. The van der Waals surface area contributed by atoms with Crippen LogP contribution in [0, 0.1) is 0 Å². The van der Waals surface area contributed by atoms with Crippen molar-refractivity contribution in [2.45, 2.75) is 64.0 Å².